The second kappa shape index (κ2) is 9.34. The molecule has 1 aliphatic rings. The summed E-state index contributed by atoms with van der Waals surface area (Å²) in [4.78, 5) is 27.2. The van der Waals surface area contributed by atoms with Crippen LogP contribution >= 0.6 is 0 Å². The minimum absolute atomic E-state index is 0.0933. The number of aromatic nitrogens is 1. The van der Waals surface area contributed by atoms with E-state index in [0.717, 1.165) is 18.3 Å². The predicted octanol–water partition coefficient (Wildman–Crippen LogP) is 4.97. The molecule has 0 aliphatic carbocycles. The van der Waals surface area contributed by atoms with E-state index in [-0.39, 0.29) is 29.2 Å². The summed E-state index contributed by atoms with van der Waals surface area (Å²) in [6.45, 7) is 0.216. The first-order valence-electron chi connectivity index (χ1n) is 10.2. The Hall–Kier alpha value is -4.59. The number of ether oxygens (including phenoxy) is 2. The van der Waals surface area contributed by atoms with E-state index in [9.17, 15) is 33.1 Å². The van der Waals surface area contributed by atoms with Gasteiger partial charge in [0, 0.05) is 17.2 Å². The van der Waals surface area contributed by atoms with E-state index in [1.807, 2.05) is 6.07 Å². The Morgan fingerprint density at radius 3 is 2.51 bits per heavy atom. The van der Waals surface area contributed by atoms with E-state index in [4.69, 9.17) is 9.47 Å². The fraction of sp³-hybridized carbons (Fsp3) is 0.167. The number of carboxylic acids is 1. The second-order valence-electron chi connectivity index (χ2n) is 7.54. The lowest BCUT2D eigenvalue weighted by Gasteiger charge is -2.24. The van der Waals surface area contributed by atoms with Gasteiger partial charge in [-0.05, 0) is 48.9 Å². The van der Waals surface area contributed by atoms with Gasteiger partial charge in [-0.15, -0.1) is 0 Å². The van der Waals surface area contributed by atoms with Crippen molar-refractivity contribution in [3.05, 3.63) is 77.1 Å². The number of carboxylic acid groups (broad SMARTS) is 1. The summed E-state index contributed by atoms with van der Waals surface area (Å²) in [6.07, 6.45) is -3.37. The normalized spacial score (nSPS) is 14.7. The highest BCUT2D eigenvalue weighted by Crippen LogP contribution is 2.39. The lowest BCUT2D eigenvalue weighted by molar-refractivity contribution is -0.141. The van der Waals surface area contributed by atoms with E-state index in [1.54, 1.807) is 0 Å². The quantitative estimate of drug-likeness (QED) is 0.526. The number of fused-ring (bicyclic) bond motifs is 1. The van der Waals surface area contributed by atoms with Crippen molar-refractivity contribution in [2.24, 2.45) is 0 Å². The Labute approximate surface area is 196 Å². The number of nitrogens with one attached hydrogen (secondary N) is 1. The summed E-state index contributed by atoms with van der Waals surface area (Å²) in [6, 6.07) is 12.6. The van der Waals surface area contributed by atoms with Crippen LogP contribution in [-0.2, 0) is 11.0 Å². The highest BCUT2D eigenvalue weighted by atomic mass is 19.4. The Morgan fingerprint density at radius 1 is 1.17 bits per heavy atom. The Bertz CT molecular complexity index is 1320. The fourth-order valence-electron chi connectivity index (χ4n) is 3.49. The van der Waals surface area contributed by atoms with Gasteiger partial charge >= 0.3 is 12.1 Å². The molecule has 3 aromatic rings. The lowest BCUT2D eigenvalue weighted by atomic mass is 9.91. The number of rotatable bonds is 5. The molecule has 0 spiro atoms. The van der Waals surface area contributed by atoms with E-state index in [1.165, 1.54) is 36.4 Å². The number of benzene rings is 2. The molecule has 1 atom stereocenters. The molecule has 2 heterocycles. The molecule has 0 saturated heterocycles. The number of nitriles is 1. The van der Waals surface area contributed by atoms with Crippen molar-refractivity contribution in [2.45, 2.75) is 18.5 Å². The molecule has 0 fully saturated rings. The van der Waals surface area contributed by atoms with Crippen molar-refractivity contribution in [1.82, 2.24) is 4.98 Å². The van der Waals surface area contributed by atoms with Gasteiger partial charge in [-0.25, -0.2) is 4.98 Å². The van der Waals surface area contributed by atoms with Crippen LogP contribution in [-0.4, -0.2) is 28.6 Å². The van der Waals surface area contributed by atoms with Gasteiger partial charge in [0.1, 0.15) is 29.0 Å². The van der Waals surface area contributed by atoms with Gasteiger partial charge in [0.25, 0.3) is 5.91 Å². The smallest absolute Gasteiger partial charge is 0.433 e. The Morgan fingerprint density at radius 2 is 1.91 bits per heavy atom. The topological polar surface area (TPSA) is 122 Å². The van der Waals surface area contributed by atoms with Crippen LogP contribution in [0.25, 0.3) is 0 Å². The number of carbonyl (C=O) groups excluding carboxylic acids is 1. The second-order valence-corrected chi connectivity index (χ2v) is 7.54. The summed E-state index contributed by atoms with van der Waals surface area (Å²) >= 11 is 0. The largest absolute Gasteiger partial charge is 0.493 e. The van der Waals surface area contributed by atoms with Crippen LogP contribution in [0.5, 0.6) is 17.2 Å². The third-order valence-corrected chi connectivity index (χ3v) is 5.23. The van der Waals surface area contributed by atoms with E-state index < -0.39 is 29.7 Å². The summed E-state index contributed by atoms with van der Waals surface area (Å²) in [5, 5.41) is 21.4. The van der Waals surface area contributed by atoms with E-state index >= 15 is 0 Å². The van der Waals surface area contributed by atoms with Gasteiger partial charge in [-0.2, -0.15) is 18.4 Å². The minimum Gasteiger partial charge on any atom is -0.493 e. The molecule has 11 heteroatoms. The van der Waals surface area contributed by atoms with Crippen LogP contribution < -0.4 is 14.8 Å². The molecule has 178 valence electrons. The molecule has 0 bridgehead atoms. The maximum Gasteiger partial charge on any atom is 0.433 e. The molecule has 35 heavy (non-hydrogen) atoms. The average molecular weight is 483 g/mol. The van der Waals surface area contributed by atoms with Crippen LogP contribution in [0.15, 0.2) is 54.7 Å². The Kier molecular flexibility index (Phi) is 6.29. The molecule has 4 rings (SSSR count). The number of aliphatic carboxylic acids is 1. The highest BCUT2D eigenvalue weighted by molar-refractivity contribution is 6.04. The van der Waals surface area contributed by atoms with Crippen LogP contribution in [0.1, 0.15) is 39.5 Å². The molecule has 0 radical (unpaired) electrons. The first kappa shape index (κ1) is 23.6. The zero-order valence-corrected chi connectivity index (χ0v) is 17.8. The number of pyridine rings is 1. The third kappa shape index (κ3) is 5.16. The first-order chi connectivity index (χ1) is 16.7. The van der Waals surface area contributed by atoms with Gasteiger partial charge in [-0.3, -0.25) is 9.59 Å². The number of nitrogens with zero attached hydrogens (tertiary/aromatic N) is 2. The number of alkyl halides is 3. The monoisotopic (exact) mass is 483 g/mol. The minimum atomic E-state index is -4.58. The Balaban J connectivity index is 1.48. The molecule has 2 aromatic carbocycles. The van der Waals surface area contributed by atoms with Crippen LogP contribution in [0, 0.1) is 11.3 Å². The standard InChI is InChI=1S/C24H16F3N3O5/c25-24(26,27)21-6-3-15(12-29-21)30-22(31)13-1-4-16(5-2-13)35-19-10-20-18(9-14(19)11-28)17(23(32)33)7-8-34-20/h1-6,9-10,12,17H,7-8H2,(H,30,31)(H,32,33). The number of hydrogen-bond donors (Lipinski definition) is 2. The highest BCUT2D eigenvalue weighted by Gasteiger charge is 2.32. The van der Waals surface area contributed by atoms with Crippen LogP contribution in [0.3, 0.4) is 0 Å². The maximum absolute atomic E-state index is 12.6. The van der Waals surface area contributed by atoms with Gasteiger partial charge in [0.2, 0.25) is 0 Å². The van der Waals surface area contributed by atoms with Crippen molar-refractivity contribution in [2.75, 3.05) is 11.9 Å². The zero-order valence-electron chi connectivity index (χ0n) is 17.8. The summed E-state index contributed by atoms with van der Waals surface area (Å²) in [5.41, 5.74) is -0.249. The average Bonchev–Trinajstić information content (AvgIpc) is 2.83. The summed E-state index contributed by atoms with van der Waals surface area (Å²) < 4.78 is 49.1. The zero-order chi connectivity index (χ0) is 25.2. The van der Waals surface area contributed by atoms with Crippen molar-refractivity contribution in [3.63, 3.8) is 0 Å². The van der Waals surface area contributed by atoms with Gasteiger partial charge in [0.15, 0.2) is 0 Å². The van der Waals surface area contributed by atoms with E-state index in [0.29, 0.717) is 23.5 Å². The molecule has 2 N–H and O–H groups in total. The lowest BCUT2D eigenvalue weighted by Crippen LogP contribution is -2.21. The van der Waals surface area contributed by atoms with Crippen LogP contribution in [0.4, 0.5) is 18.9 Å². The number of halogens is 3. The third-order valence-electron chi connectivity index (χ3n) is 5.23. The molecule has 1 unspecified atom stereocenters. The first-order valence-corrected chi connectivity index (χ1v) is 10.2. The van der Waals surface area contributed by atoms with Gasteiger partial charge in [-0.1, -0.05) is 0 Å². The fourth-order valence-corrected chi connectivity index (χ4v) is 3.49. The number of amides is 1. The van der Waals surface area contributed by atoms with Crippen molar-refractivity contribution in [3.8, 4) is 23.3 Å². The molecule has 8 nitrogen and oxygen atoms in total. The molecule has 0 saturated carbocycles. The van der Waals surface area contributed by atoms with Crippen molar-refractivity contribution in [1.29, 1.82) is 5.26 Å². The van der Waals surface area contributed by atoms with E-state index in [2.05, 4.69) is 10.3 Å². The van der Waals surface area contributed by atoms with Crippen molar-refractivity contribution < 1.29 is 37.3 Å². The summed E-state index contributed by atoms with van der Waals surface area (Å²) in [7, 11) is 0. The maximum atomic E-state index is 12.6. The molecule has 1 aromatic heterocycles. The van der Waals surface area contributed by atoms with Crippen molar-refractivity contribution >= 4 is 17.6 Å². The predicted molar refractivity (Wildman–Crippen MR) is 115 cm³/mol. The summed E-state index contributed by atoms with van der Waals surface area (Å²) in [5.74, 6) is -1.59. The van der Waals surface area contributed by atoms with Gasteiger partial charge < -0.3 is 19.9 Å². The molecular weight excluding hydrogens is 467 g/mol. The molecule has 1 aliphatic heterocycles. The molecular formula is C24H16F3N3O5. The van der Waals surface area contributed by atoms with Gasteiger partial charge in [0.05, 0.1) is 30.0 Å². The number of hydrogen-bond acceptors (Lipinski definition) is 6. The number of carbonyl (C=O) groups is 2. The molecule has 1 amide bonds. The SMILES string of the molecule is N#Cc1cc2c(cc1Oc1ccc(C(=O)Nc3ccc(C(F)(F)F)nc3)cc1)OCCC2C(=O)O. The van der Waals surface area contributed by atoms with Crippen LogP contribution in [0.2, 0.25) is 0 Å². The number of anilines is 1.